The Morgan fingerprint density at radius 3 is 2.69 bits per heavy atom. The van der Waals surface area contributed by atoms with E-state index in [0.717, 1.165) is 53.9 Å². The van der Waals surface area contributed by atoms with Crippen LogP contribution in [0.4, 0.5) is 0 Å². The molecule has 152 valence electrons. The Balaban J connectivity index is 1.30. The number of hydrogen-bond acceptors (Lipinski definition) is 5. The fourth-order valence-corrected chi connectivity index (χ4v) is 4.13. The minimum atomic E-state index is 0.0129. The molecular weight excluding hydrogens is 384 g/mol. The lowest BCUT2D eigenvalue weighted by Gasteiger charge is -2.10. The van der Waals surface area contributed by atoms with E-state index in [1.807, 2.05) is 36.7 Å². The van der Waals surface area contributed by atoms with Gasteiger partial charge in [-0.2, -0.15) is 5.10 Å². The highest BCUT2D eigenvalue weighted by molar-refractivity contribution is 7.99. The Kier molecular flexibility index (Phi) is 5.99. The average molecular weight is 411 g/mol. The van der Waals surface area contributed by atoms with Gasteiger partial charge in [-0.25, -0.2) is 0 Å². The van der Waals surface area contributed by atoms with Crippen LogP contribution < -0.4 is 5.32 Å². The summed E-state index contributed by atoms with van der Waals surface area (Å²) in [5.41, 5.74) is 3.22. The van der Waals surface area contributed by atoms with E-state index in [-0.39, 0.29) is 5.91 Å². The van der Waals surface area contributed by atoms with Crippen molar-refractivity contribution in [2.75, 3.05) is 12.3 Å². The molecular formula is C21H26N6OS. The van der Waals surface area contributed by atoms with Crippen molar-refractivity contribution >= 4 is 17.7 Å². The second-order valence-corrected chi connectivity index (χ2v) is 8.37. The number of para-hydroxylation sites is 1. The van der Waals surface area contributed by atoms with Crippen LogP contribution in [-0.4, -0.2) is 42.7 Å². The average Bonchev–Trinajstić information content (AvgIpc) is 3.39. The summed E-state index contributed by atoms with van der Waals surface area (Å²) in [6, 6.07) is 12.2. The molecule has 1 fully saturated rings. The highest BCUT2D eigenvalue weighted by Gasteiger charge is 2.31. The van der Waals surface area contributed by atoms with Crippen LogP contribution in [0, 0.1) is 13.8 Å². The van der Waals surface area contributed by atoms with E-state index in [1.165, 1.54) is 11.8 Å². The molecule has 1 saturated carbocycles. The molecule has 1 N–H and O–H groups in total. The molecule has 1 aliphatic rings. The van der Waals surface area contributed by atoms with Crippen molar-refractivity contribution in [3.63, 3.8) is 0 Å². The summed E-state index contributed by atoms with van der Waals surface area (Å²) >= 11 is 1.44. The van der Waals surface area contributed by atoms with Crippen molar-refractivity contribution in [1.82, 2.24) is 29.9 Å². The molecule has 3 aromatic rings. The molecule has 2 heterocycles. The standard InChI is InChI=1S/C21H26N6OS/c1-15-13-16(2)26(25-15)12-6-11-22-19(28)14-29-21-24-23-20(17-9-10-17)27(21)18-7-4-3-5-8-18/h3-5,7-8,13,17H,6,9-12,14H2,1-2H3,(H,22,28). The SMILES string of the molecule is Cc1cc(C)n(CCCNC(=O)CSc2nnc(C3CC3)n2-c2ccccc2)n1. The molecule has 1 amide bonds. The van der Waals surface area contributed by atoms with Crippen molar-refractivity contribution < 1.29 is 4.79 Å². The van der Waals surface area contributed by atoms with Gasteiger partial charge < -0.3 is 5.32 Å². The largest absolute Gasteiger partial charge is 0.355 e. The van der Waals surface area contributed by atoms with Gasteiger partial charge >= 0.3 is 0 Å². The molecule has 7 nitrogen and oxygen atoms in total. The summed E-state index contributed by atoms with van der Waals surface area (Å²) in [6.45, 7) is 5.48. The van der Waals surface area contributed by atoms with Gasteiger partial charge in [0.15, 0.2) is 5.16 Å². The maximum atomic E-state index is 12.3. The van der Waals surface area contributed by atoms with Crippen LogP contribution >= 0.6 is 11.8 Å². The summed E-state index contributed by atoms with van der Waals surface area (Å²) < 4.78 is 4.08. The van der Waals surface area contributed by atoms with Gasteiger partial charge in [0.05, 0.1) is 11.4 Å². The maximum absolute atomic E-state index is 12.3. The van der Waals surface area contributed by atoms with Gasteiger partial charge in [0, 0.05) is 30.4 Å². The lowest BCUT2D eigenvalue weighted by molar-refractivity contribution is -0.118. The van der Waals surface area contributed by atoms with Gasteiger partial charge in [-0.05, 0) is 51.3 Å². The van der Waals surface area contributed by atoms with Crippen LogP contribution in [0.2, 0.25) is 0 Å². The Labute approximate surface area is 174 Å². The Bertz CT molecular complexity index is 976. The van der Waals surface area contributed by atoms with E-state index in [4.69, 9.17) is 0 Å². The molecule has 0 saturated heterocycles. The van der Waals surface area contributed by atoms with Gasteiger partial charge in [0.1, 0.15) is 5.82 Å². The third-order valence-corrected chi connectivity index (χ3v) is 5.85. The van der Waals surface area contributed by atoms with Crippen molar-refractivity contribution in [2.24, 2.45) is 0 Å². The normalized spacial score (nSPS) is 13.6. The molecule has 0 bridgehead atoms. The maximum Gasteiger partial charge on any atom is 0.230 e. The predicted molar refractivity (Wildman–Crippen MR) is 113 cm³/mol. The zero-order valence-electron chi connectivity index (χ0n) is 16.8. The third-order valence-electron chi connectivity index (χ3n) is 4.92. The van der Waals surface area contributed by atoms with Crippen LogP contribution in [0.15, 0.2) is 41.6 Å². The highest BCUT2D eigenvalue weighted by Crippen LogP contribution is 2.41. The first kappa shape index (κ1) is 19.7. The number of thioether (sulfide) groups is 1. The summed E-state index contributed by atoms with van der Waals surface area (Å²) in [5.74, 6) is 1.83. The second kappa shape index (κ2) is 8.82. The lowest BCUT2D eigenvalue weighted by atomic mass is 10.3. The van der Waals surface area contributed by atoms with Gasteiger partial charge in [0.25, 0.3) is 0 Å². The molecule has 0 spiro atoms. The van der Waals surface area contributed by atoms with Gasteiger partial charge in [-0.15, -0.1) is 10.2 Å². The number of aromatic nitrogens is 5. The van der Waals surface area contributed by atoms with Crippen LogP contribution in [0.1, 0.15) is 42.4 Å². The number of aryl methyl sites for hydroxylation is 3. The number of carbonyl (C=O) groups is 1. The first-order valence-corrected chi connectivity index (χ1v) is 11.0. The molecule has 2 aromatic heterocycles. The first-order valence-electron chi connectivity index (χ1n) is 10.0. The van der Waals surface area contributed by atoms with Crippen LogP contribution in [-0.2, 0) is 11.3 Å². The molecule has 1 aromatic carbocycles. The van der Waals surface area contributed by atoms with Crippen molar-refractivity contribution in [3.05, 3.63) is 53.6 Å². The fraction of sp³-hybridized carbons (Fsp3) is 0.429. The topological polar surface area (TPSA) is 77.6 Å². The quantitative estimate of drug-likeness (QED) is 0.433. The number of carbonyl (C=O) groups excluding carboxylic acids is 1. The first-order chi connectivity index (χ1) is 14.1. The van der Waals surface area contributed by atoms with Crippen LogP contribution in [0.3, 0.4) is 0 Å². The van der Waals surface area contributed by atoms with Gasteiger partial charge in [-0.1, -0.05) is 30.0 Å². The van der Waals surface area contributed by atoms with Crippen LogP contribution in [0.25, 0.3) is 5.69 Å². The monoisotopic (exact) mass is 410 g/mol. The summed E-state index contributed by atoms with van der Waals surface area (Å²) in [7, 11) is 0. The number of nitrogens with zero attached hydrogens (tertiary/aromatic N) is 5. The van der Waals surface area contributed by atoms with Gasteiger partial charge in [-0.3, -0.25) is 14.0 Å². The molecule has 8 heteroatoms. The minimum Gasteiger partial charge on any atom is -0.355 e. The number of nitrogens with one attached hydrogen (secondary N) is 1. The summed E-state index contributed by atoms with van der Waals surface area (Å²) in [4.78, 5) is 12.3. The van der Waals surface area contributed by atoms with E-state index in [0.29, 0.717) is 18.2 Å². The van der Waals surface area contributed by atoms with E-state index >= 15 is 0 Å². The number of hydrogen-bond donors (Lipinski definition) is 1. The molecule has 0 atom stereocenters. The Morgan fingerprint density at radius 1 is 1.21 bits per heavy atom. The molecule has 0 radical (unpaired) electrons. The van der Waals surface area contributed by atoms with Crippen molar-refractivity contribution in [1.29, 1.82) is 0 Å². The Hall–Kier alpha value is -2.61. The fourth-order valence-electron chi connectivity index (χ4n) is 3.34. The summed E-state index contributed by atoms with van der Waals surface area (Å²) in [6.07, 6.45) is 3.17. The zero-order valence-corrected chi connectivity index (χ0v) is 17.7. The van der Waals surface area contributed by atoms with Crippen LogP contribution in [0.5, 0.6) is 0 Å². The zero-order chi connectivity index (χ0) is 20.2. The smallest absolute Gasteiger partial charge is 0.230 e. The molecule has 4 rings (SSSR count). The number of amides is 1. The molecule has 0 aliphatic heterocycles. The van der Waals surface area contributed by atoms with E-state index < -0.39 is 0 Å². The second-order valence-electron chi connectivity index (χ2n) is 7.43. The summed E-state index contributed by atoms with van der Waals surface area (Å²) in [5, 5.41) is 17.0. The highest BCUT2D eigenvalue weighted by atomic mass is 32.2. The number of benzene rings is 1. The predicted octanol–water partition coefficient (Wildman–Crippen LogP) is 3.26. The molecule has 0 unspecified atom stereocenters. The number of rotatable bonds is 9. The molecule has 1 aliphatic carbocycles. The molecule has 29 heavy (non-hydrogen) atoms. The minimum absolute atomic E-state index is 0.0129. The van der Waals surface area contributed by atoms with Crippen molar-refractivity contribution in [2.45, 2.75) is 50.7 Å². The van der Waals surface area contributed by atoms with E-state index in [9.17, 15) is 4.79 Å². The van der Waals surface area contributed by atoms with Gasteiger partial charge in [0.2, 0.25) is 5.91 Å². The van der Waals surface area contributed by atoms with Crippen molar-refractivity contribution in [3.8, 4) is 5.69 Å². The van der Waals surface area contributed by atoms with E-state index in [1.54, 1.807) is 0 Å². The lowest BCUT2D eigenvalue weighted by Crippen LogP contribution is -2.27. The van der Waals surface area contributed by atoms with E-state index in [2.05, 4.69) is 43.4 Å². The third kappa shape index (κ3) is 4.87. The Morgan fingerprint density at radius 2 is 2.00 bits per heavy atom.